The number of carbonyl (C=O) groups is 2. The van der Waals surface area contributed by atoms with Gasteiger partial charge in [0.2, 0.25) is 5.91 Å². The van der Waals surface area contributed by atoms with E-state index in [0.29, 0.717) is 42.4 Å². The SMILES string of the molecule is C=CC(=O)N1CC(C)N(C2=NCC(=O)N(c3c(C)ccnc3CCC)c3nc(-c4ccccc4F)c(Cl)cc32)CC1C. The summed E-state index contributed by atoms with van der Waals surface area (Å²) >= 11 is 6.83. The third kappa shape index (κ3) is 5.29. The number of aromatic nitrogens is 2. The fourth-order valence-corrected chi connectivity index (χ4v) is 5.98. The Morgan fingerprint density at radius 3 is 2.64 bits per heavy atom. The predicted molar refractivity (Wildman–Crippen MR) is 164 cm³/mol. The molecule has 0 spiro atoms. The van der Waals surface area contributed by atoms with E-state index in [1.54, 1.807) is 40.3 Å². The number of hydrogen-bond acceptors (Lipinski definition) is 6. The highest BCUT2D eigenvalue weighted by atomic mass is 35.5. The van der Waals surface area contributed by atoms with Gasteiger partial charge in [0.1, 0.15) is 18.2 Å². The van der Waals surface area contributed by atoms with Crippen molar-refractivity contribution in [3.05, 3.63) is 82.9 Å². The first-order valence-corrected chi connectivity index (χ1v) is 14.5. The van der Waals surface area contributed by atoms with Gasteiger partial charge in [-0.3, -0.25) is 24.5 Å². The lowest BCUT2D eigenvalue weighted by atomic mass is 10.0. The molecule has 0 bridgehead atoms. The normalized spacial score (nSPS) is 18.9. The molecule has 10 heteroatoms. The maximum Gasteiger partial charge on any atom is 0.254 e. The summed E-state index contributed by atoms with van der Waals surface area (Å²) < 4.78 is 15.0. The number of halogens is 2. The van der Waals surface area contributed by atoms with Crippen molar-refractivity contribution in [3.63, 3.8) is 0 Å². The average Bonchev–Trinajstić information content (AvgIpc) is 3.09. The lowest BCUT2D eigenvalue weighted by Gasteiger charge is -2.45. The topological polar surface area (TPSA) is 82.0 Å². The molecular formula is C32H34ClFN6O2. The predicted octanol–water partition coefficient (Wildman–Crippen LogP) is 5.73. The number of aliphatic imine (C=N–C) groups is 1. The fraction of sp³-hybridized carbons (Fsp3) is 0.344. The number of nitrogens with zero attached hydrogens (tertiary/aromatic N) is 6. The number of piperazine rings is 1. The smallest absolute Gasteiger partial charge is 0.254 e. The molecule has 8 nitrogen and oxygen atoms in total. The van der Waals surface area contributed by atoms with Crippen LogP contribution in [0.5, 0.6) is 0 Å². The van der Waals surface area contributed by atoms with Crippen molar-refractivity contribution in [2.45, 2.75) is 52.6 Å². The molecule has 0 aliphatic carbocycles. The molecule has 42 heavy (non-hydrogen) atoms. The minimum absolute atomic E-state index is 0.126. The Morgan fingerprint density at radius 1 is 1.17 bits per heavy atom. The number of hydrogen-bond donors (Lipinski definition) is 0. The van der Waals surface area contributed by atoms with Gasteiger partial charge in [-0.2, -0.15) is 0 Å². The van der Waals surface area contributed by atoms with E-state index in [1.807, 2.05) is 26.8 Å². The van der Waals surface area contributed by atoms with Crippen LogP contribution < -0.4 is 4.90 Å². The average molecular weight is 589 g/mol. The van der Waals surface area contributed by atoms with Gasteiger partial charge in [0, 0.05) is 36.9 Å². The van der Waals surface area contributed by atoms with Crippen LogP contribution in [-0.4, -0.2) is 69.1 Å². The molecule has 2 aliphatic rings. The van der Waals surface area contributed by atoms with E-state index in [1.165, 1.54) is 12.1 Å². The van der Waals surface area contributed by atoms with Crippen LogP contribution in [-0.2, 0) is 16.0 Å². The van der Waals surface area contributed by atoms with Crippen LogP contribution >= 0.6 is 11.6 Å². The molecule has 2 unspecified atom stereocenters. The van der Waals surface area contributed by atoms with Crippen LogP contribution in [0, 0.1) is 12.7 Å². The second kappa shape index (κ2) is 12.0. The first-order valence-electron chi connectivity index (χ1n) is 14.1. The van der Waals surface area contributed by atoms with Crippen LogP contribution in [0.3, 0.4) is 0 Å². The van der Waals surface area contributed by atoms with Gasteiger partial charge in [0.05, 0.1) is 27.7 Å². The maximum atomic E-state index is 15.0. The highest BCUT2D eigenvalue weighted by Gasteiger charge is 2.38. The van der Waals surface area contributed by atoms with Crippen molar-refractivity contribution >= 4 is 40.8 Å². The van der Waals surface area contributed by atoms with Crippen molar-refractivity contribution in [3.8, 4) is 11.3 Å². The minimum atomic E-state index is -0.470. The first kappa shape index (κ1) is 29.4. The van der Waals surface area contributed by atoms with Crippen LogP contribution in [0.4, 0.5) is 15.9 Å². The van der Waals surface area contributed by atoms with E-state index in [2.05, 4.69) is 23.4 Å². The summed E-state index contributed by atoms with van der Waals surface area (Å²) in [5.41, 5.74) is 3.30. The standard InChI is InChI=1S/C32H34ClFN6O2/c1-6-10-26-30(19(3)13-14-35-26)40-28(42)16-36-31(39-18-20(4)38(17-21(39)5)27(41)7-2)23-15-24(33)29(37-32(23)40)22-11-8-9-12-25(22)34/h7-9,11-15,20-21H,2,6,10,16-18H2,1,3-5H3. The number of carbonyl (C=O) groups excluding carboxylic acids is 2. The largest absolute Gasteiger partial charge is 0.350 e. The Kier molecular flexibility index (Phi) is 8.41. The van der Waals surface area contributed by atoms with Gasteiger partial charge in [-0.15, -0.1) is 0 Å². The summed E-state index contributed by atoms with van der Waals surface area (Å²) in [6.45, 7) is 12.4. The molecule has 2 aliphatic heterocycles. The van der Waals surface area contributed by atoms with Crippen LogP contribution in [0.25, 0.3) is 11.3 Å². The van der Waals surface area contributed by atoms with Crippen molar-refractivity contribution < 1.29 is 14.0 Å². The van der Waals surface area contributed by atoms with Gasteiger partial charge in [0.25, 0.3) is 5.91 Å². The number of fused-ring (bicyclic) bond motifs is 1. The second-order valence-corrected chi connectivity index (χ2v) is 11.2. The molecule has 4 heterocycles. The molecule has 0 saturated carbocycles. The fourth-order valence-electron chi connectivity index (χ4n) is 5.73. The van der Waals surface area contributed by atoms with Gasteiger partial charge in [0.15, 0.2) is 5.82 Å². The summed E-state index contributed by atoms with van der Waals surface area (Å²) in [5, 5.41) is 0.235. The Hall–Kier alpha value is -4.11. The summed E-state index contributed by atoms with van der Waals surface area (Å²) in [5.74, 6) is -0.0128. The zero-order chi connectivity index (χ0) is 30.1. The molecule has 1 aromatic carbocycles. The van der Waals surface area contributed by atoms with E-state index in [4.69, 9.17) is 21.6 Å². The van der Waals surface area contributed by atoms with Gasteiger partial charge in [-0.1, -0.05) is 43.7 Å². The van der Waals surface area contributed by atoms with E-state index in [0.717, 1.165) is 17.7 Å². The molecule has 3 aromatic rings. The van der Waals surface area contributed by atoms with Crippen LogP contribution in [0.2, 0.25) is 5.02 Å². The molecule has 2 atom stereocenters. The van der Waals surface area contributed by atoms with Gasteiger partial charge < -0.3 is 9.80 Å². The molecule has 1 fully saturated rings. The van der Waals surface area contributed by atoms with Crippen molar-refractivity contribution in [1.82, 2.24) is 19.8 Å². The number of amides is 2. The summed E-state index contributed by atoms with van der Waals surface area (Å²) in [4.78, 5) is 46.3. The Morgan fingerprint density at radius 2 is 1.93 bits per heavy atom. The highest BCUT2D eigenvalue weighted by Crippen LogP contribution is 2.40. The lowest BCUT2D eigenvalue weighted by molar-refractivity contribution is -0.130. The van der Waals surface area contributed by atoms with E-state index in [-0.39, 0.29) is 46.7 Å². The maximum absolute atomic E-state index is 15.0. The molecule has 5 rings (SSSR count). The third-order valence-electron chi connectivity index (χ3n) is 7.78. The monoisotopic (exact) mass is 588 g/mol. The minimum Gasteiger partial charge on any atom is -0.350 e. The van der Waals surface area contributed by atoms with Crippen molar-refractivity contribution in [2.24, 2.45) is 4.99 Å². The van der Waals surface area contributed by atoms with Gasteiger partial charge in [-0.25, -0.2) is 9.37 Å². The van der Waals surface area contributed by atoms with Gasteiger partial charge >= 0.3 is 0 Å². The number of amidine groups is 1. The number of aryl methyl sites for hydroxylation is 2. The van der Waals surface area contributed by atoms with Crippen molar-refractivity contribution in [1.29, 1.82) is 0 Å². The number of pyridine rings is 2. The van der Waals surface area contributed by atoms with E-state index < -0.39 is 5.82 Å². The Balaban J connectivity index is 1.73. The number of anilines is 2. The summed E-state index contributed by atoms with van der Waals surface area (Å²) in [6, 6.07) is 9.62. The highest BCUT2D eigenvalue weighted by molar-refractivity contribution is 6.34. The Labute approximate surface area is 250 Å². The quantitative estimate of drug-likeness (QED) is 0.356. The Bertz CT molecular complexity index is 1590. The molecule has 218 valence electrons. The number of rotatable bonds is 5. The summed E-state index contributed by atoms with van der Waals surface area (Å²) in [6.07, 6.45) is 4.55. The molecule has 0 N–H and O–H groups in total. The van der Waals surface area contributed by atoms with E-state index >= 15 is 4.39 Å². The van der Waals surface area contributed by atoms with Crippen LogP contribution in [0.15, 0.2) is 60.2 Å². The first-order chi connectivity index (χ1) is 20.2. The molecular weight excluding hydrogens is 555 g/mol. The molecule has 0 radical (unpaired) electrons. The second-order valence-electron chi connectivity index (χ2n) is 10.8. The third-order valence-corrected chi connectivity index (χ3v) is 8.07. The zero-order valence-corrected chi connectivity index (χ0v) is 25.0. The molecule has 1 saturated heterocycles. The lowest BCUT2D eigenvalue weighted by Crippen LogP contribution is -2.59. The number of benzene rings is 1. The van der Waals surface area contributed by atoms with Crippen LogP contribution in [0.1, 0.15) is 44.0 Å². The zero-order valence-electron chi connectivity index (χ0n) is 24.3. The molecule has 2 amide bonds. The molecule has 2 aromatic heterocycles. The summed E-state index contributed by atoms with van der Waals surface area (Å²) in [7, 11) is 0. The van der Waals surface area contributed by atoms with Crippen molar-refractivity contribution in [2.75, 3.05) is 24.5 Å². The van der Waals surface area contributed by atoms with Gasteiger partial charge in [-0.05, 0) is 63.1 Å². The van der Waals surface area contributed by atoms with E-state index in [9.17, 15) is 9.59 Å².